The highest BCUT2D eigenvalue weighted by Crippen LogP contribution is 2.25. The Morgan fingerprint density at radius 3 is 1.12 bits per heavy atom. The summed E-state index contributed by atoms with van der Waals surface area (Å²) in [6, 6.07) is 11.4. The Morgan fingerprint density at radius 2 is 0.786 bits per heavy atom. The van der Waals surface area contributed by atoms with Gasteiger partial charge in [-0.05, 0) is 63.8 Å². The molecule has 0 bridgehead atoms. The molecule has 2 rings (SSSR count). The standard InChI is InChI=1S/C38H60N2O2/c1-5-7-9-11-13-15-17-19-21-23-35(33-29-31(3)25-27-37(33)41)39-40-36(34-30-32(4)26-28-38(34)42)24-22-20-18-16-14-12-10-8-6-2/h25-30,41-42H,5-24H2,1-4H3/b39-35+,40-36+. The second-order valence-corrected chi connectivity index (χ2v) is 12.3. The number of phenolic OH excluding ortho intramolecular Hbond substituents is 2. The first-order chi connectivity index (χ1) is 20.5. The van der Waals surface area contributed by atoms with Crippen molar-refractivity contribution >= 4 is 11.4 Å². The molecule has 0 radical (unpaired) electrons. The van der Waals surface area contributed by atoms with Crippen LogP contribution in [0.4, 0.5) is 0 Å². The minimum atomic E-state index is 0.254. The van der Waals surface area contributed by atoms with Crippen LogP contribution < -0.4 is 0 Å². The summed E-state index contributed by atoms with van der Waals surface area (Å²) in [6.07, 6.45) is 24.3. The van der Waals surface area contributed by atoms with Gasteiger partial charge in [-0.25, -0.2) is 0 Å². The van der Waals surface area contributed by atoms with Crippen LogP contribution in [0.2, 0.25) is 0 Å². The zero-order valence-electron chi connectivity index (χ0n) is 27.4. The SMILES string of the molecule is CCCCCCCCCCC/C(=N\N=C(/CCCCCCCCCCC)c1cc(C)ccc1O)c1cc(C)ccc1O. The normalized spacial score (nSPS) is 12.3. The molecule has 0 spiro atoms. The maximum atomic E-state index is 10.7. The molecule has 0 saturated heterocycles. The summed E-state index contributed by atoms with van der Waals surface area (Å²) in [4.78, 5) is 0. The van der Waals surface area contributed by atoms with E-state index < -0.39 is 0 Å². The molecular formula is C38H60N2O2. The minimum Gasteiger partial charge on any atom is -0.507 e. The van der Waals surface area contributed by atoms with Crippen LogP contribution in [0.25, 0.3) is 0 Å². The van der Waals surface area contributed by atoms with Crippen LogP contribution in [0, 0.1) is 13.8 Å². The number of rotatable bonds is 23. The van der Waals surface area contributed by atoms with Crippen molar-refractivity contribution in [3.63, 3.8) is 0 Å². The molecule has 4 heteroatoms. The molecule has 0 aliphatic rings. The predicted octanol–water partition coefficient (Wildman–Crippen LogP) is 11.7. The lowest BCUT2D eigenvalue weighted by atomic mass is 9.99. The van der Waals surface area contributed by atoms with E-state index >= 15 is 0 Å². The van der Waals surface area contributed by atoms with Crippen molar-refractivity contribution in [2.45, 2.75) is 156 Å². The molecule has 2 aromatic rings. The summed E-state index contributed by atoms with van der Waals surface area (Å²) < 4.78 is 0. The molecule has 0 heterocycles. The lowest BCUT2D eigenvalue weighted by Crippen LogP contribution is -2.05. The number of phenols is 2. The molecule has 0 aliphatic carbocycles. The molecule has 0 amide bonds. The van der Waals surface area contributed by atoms with Gasteiger partial charge in [0.15, 0.2) is 0 Å². The Hall–Kier alpha value is -2.62. The van der Waals surface area contributed by atoms with Gasteiger partial charge in [-0.2, -0.15) is 10.2 Å². The fourth-order valence-electron chi connectivity index (χ4n) is 5.57. The van der Waals surface area contributed by atoms with E-state index in [0.717, 1.165) is 72.2 Å². The van der Waals surface area contributed by atoms with Crippen molar-refractivity contribution in [3.05, 3.63) is 58.7 Å². The van der Waals surface area contributed by atoms with Crippen molar-refractivity contribution in [1.82, 2.24) is 0 Å². The van der Waals surface area contributed by atoms with Gasteiger partial charge in [0.2, 0.25) is 0 Å². The summed E-state index contributed by atoms with van der Waals surface area (Å²) in [5.41, 5.74) is 5.39. The molecule has 4 nitrogen and oxygen atoms in total. The maximum absolute atomic E-state index is 10.7. The number of aryl methyl sites for hydroxylation is 2. The van der Waals surface area contributed by atoms with E-state index in [1.165, 1.54) is 89.9 Å². The number of aromatic hydroxyl groups is 2. The quantitative estimate of drug-likeness (QED) is 0.0785. The van der Waals surface area contributed by atoms with Gasteiger partial charge in [0.1, 0.15) is 11.5 Å². The summed E-state index contributed by atoms with van der Waals surface area (Å²) >= 11 is 0. The lowest BCUT2D eigenvalue weighted by molar-refractivity contribution is 0.473. The highest BCUT2D eigenvalue weighted by atomic mass is 16.3. The van der Waals surface area contributed by atoms with E-state index in [4.69, 9.17) is 10.2 Å². The van der Waals surface area contributed by atoms with Crippen molar-refractivity contribution in [2.75, 3.05) is 0 Å². The Labute approximate surface area is 257 Å². The molecule has 42 heavy (non-hydrogen) atoms. The summed E-state index contributed by atoms with van der Waals surface area (Å²) in [5.74, 6) is 0.508. The fourth-order valence-corrected chi connectivity index (χ4v) is 5.57. The predicted molar refractivity (Wildman–Crippen MR) is 182 cm³/mol. The van der Waals surface area contributed by atoms with E-state index in [1.54, 1.807) is 12.1 Å². The van der Waals surface area contributed by atoms with Gasteiger partial charge >= 0.3 is 0 Å². The van der Waals surface area contributed by atoms with Gasteiger partial charge in [0.05, 0.1) is 11.4 Å². The molecule has 234 valence electrons. The van der Waals surface area contributed by atoms with Crippen LogP contribution in [0.1, 0.15) is 165 Å². The molecule has 0 unspecified atom stereocenters. The van der Waals surface area contributed by atoms with Crippen LogP contribution in [0.5, 0.6) is 11.5 Å². The van der Waals surface area contributed by atoms with E-state index in [0.29, 0.717) is 0 Å². The Morgan fingerprint density at radius 1 is 0.476 bits per heavy atom. The van der Waals surface area contributed by atoms with E-state index in [9.17, 15) is 10.2 Å². The Kier molecular flexibility index (Phi) is 18.6. The van der Waals surface area contributed by atoms with Crippen molar-refractivity contribution < 1.29 is 10.2 Å². The molecule has 0 atom stereocenters. The fraction of sp³-hybridized carbons (Fsp3) is 0.632. The van der Waals surface area contributed by atoms with Crippen molar-refractivity contribution in [3.8, 4) is 11.5 Å². The van der Waals surface area contributed by atoms with Crippen molar-refractivity contribution in [1.29, 1.82) is 0 Å². The number of hydrogen-bond donors (Lipinski definition) is 2. The van der Waals surface area contributed by atoms with Crippen LogP contribution in [0.3, 0.4) is 0 Å². The summed E-state index contributed by atoms with van der Waals surface area (Å²) in [7, 11) is 0. The third-order valence-corrected chi connectivity index (χ3v) is 8.25. The lowest BCUT2D eigenvalue weighted by Gasteiger charge is -2.11. The van der Waals surface area contributed by atoms with E-state index in [1.807, 2.05) is 38.1 Å². The topological polar surface area (TPSA) is 65.2 Å². The second kappa shape index (κ2) is 22.0. The van der Waals surface area contributed by atoms with Gasteiger partial charge < -0.3 is 10.2 Å². The minimum absolute atomic E-state index is 0.254. The molecular weight excluding hydrogens is 516 g/mol. The highest BCUT2D eigenvalue weighted by molar-refractivity contribution is 6.05. The summed E-state index contributed by atoms with van der Waals surface area (Å²) in [5, 5.41) is 31.1. The Bertz CT molecular complexity index is 987. The first-order valence-electron chi connectivity index (χ1n) is 17.2. The smallest absolute Gasteiger partial charge is 0.124 e. The number of unbranched alkanes of at least 4 members (excludes halogenated alkanes) is 16. The van der Waals surface area contributed by atoms with E-state index in [-0.39, 0.29) is 11.5 Å². The third kappa shape index (κ3) is 14.5. The van der Waals surface area contributed by atoms with Crippen LogP contribution in [-0.2, 0) is 0 Å². The average Bonchev–Trinajstić information content (AvgIpc) is 2.98. The molecule has 0 fully saturated rings. The van der Waals surface area contributed by atoms with E-state index in [2.05, 4.69) is 13.8 Å². The van der Waals surface area contributed by atoms with Crippen molar-refractivity contribution in [2.24, 2.45) is 10.2 Å². The van der Waals surface area contributed by atoms with Crippen LogP contribution in [-0.4, -0.2) is 21.6 Å². The second-order valence-electron chi connectivity index (χ2n) is 12.3. The zero-order chi connectivity index (χ0) is 30.4. The van der Waals surface area contributed by atoms with Gasteiger partial charge in [0, 0.05) is 11.1 Å². The molecule has 2 aromatic carbocycles. The first-order valence-corrected chi connectivity index (χ1v) is 17.2. The van der Waals surface area contributed by atoms with Gasteiger partial charge in [0.25, 0.3) is 0 Å². The Balaban J connectivity index is 2.13. The monoisotopic (exact) mass is 576 g/mol. The van der Waals surface area contributed by atoms with Crippen LogP contribution >= 0.6 is 0 Å². The third-order valence-electron chi connectivity index (χ3n) is 8.25. The maximum Gasteiger partial charge on any atom is 0.124 e. The van der Waals surface area contributed by atoms with Gasteiger partial charge in [-0.1, -0.05) is 140 Å². The average molecular weight is 577 g/mol. The van der Waals surface area contributed by atoms with Crippen LogP contribution in [0.15, 0.2) is 46.6 Å². The largest absolute Gasteiger partial charge is 0.507 e. The highest BCUT2D eigenvalue weighted by Gasteiger charge is 2.13. The number of benzene rings is 2. The summed E-state index contributed by atoms with van der Waals surface area (Å²) in [6.45, 7) is 8.61. The zero-order valence-corrected chi connectivity index (χ0v) is 27.4. The number of nitrogens with zero attached hydrogens (tertiary/aromatic N) is 2. The molecule has 0 saturated carbocycles. The first kappa shape index (κ1) is 35.6. The molecule has 2 N–H and O–H groups in total. The molecule has 0 aliphatic heterocycles. The van der Waals surface area contributed by atoms with Gasteiger partial charge in [-0.15, -0.1) is 0 Å². The number of hydrogen-bond acceptors (Lipinski definition) is 4. The molecule has 0 aromatic heterocycles. The van der Waals surface area contributed by atoms with Gasteiger partial charge in [-0.3, -0.25) is 0 Å².